The molecule has 0 amide bonds. The third-order valence-electron chi connectivity index (χ3n) is 8.86. The second-order valence-corrected chi connectivity index (χ2v) is 17.3. The second kappa shape index (κ2) is 40.7. The van der Waals surface area contributed by atoms with Gasteiger partial charge >= 0.3 is 11.9 Å². The van der Waals surface area contributed by atoms with Crippen LogP contribution in [0.2, 0.25) is 0 Å². The smallest absolute Gasteiger partial charge is 0.306 e. The van der Waals surface area contributed by atoms with Crippen molar-refractivity contribution in [1.29, 1.82) is 0 Å². The predicted octanol–water partition coefficient (Wildman–Crippen LogP) is 11.5. The van der Waals surface area contributed by atoms with Gasteiger partial charge in [-0.15, -0.1) is 0 Å². The van der Waals surface area contributed by atoms with Crippen LogP contribution < -0.4 is 4.89 Å². The molecule has 0 saturated heterocycles. The van der Waals surface area contributed by atoms with E-state index in [2.05, 4.69) is 92.8 Å². The Morgan fingerprint density at radius 3 is 1.75 bits per heavy atom. The molecule has 1 N–H and O–H groups in total. The fraction of sp³-hybridized carbons (Fsp3) is 0.600. The van der Waals surface area contributed by atoms with Gasteiger partial charge in [0, 0.05) is 12.8 Å². The molecule has 0 aromatic heterocycles. The highest BCUT2D eigenvalue weighted by Gasteiger charge is 2.21. The van der Waals surface area contributed by atoms with Crippen molar-refractivity contribution in [3.8, 4) is 0 Å². The van der Waals surface area contributed by atoms with E-state index in [1.165, 1.54) is 19.3 Å². The van der Waals surface area contributed by atoms with Crippen LogP contribution in [0.1, 0.15) is 136 Å². The van der Waals surface area contributed by atoms with Crippen LogP contribution in [-0.4, -0.2) is 81.2 Å². The summed E-state index contributed by atoms with van der Waals surface area (Å²) in [5.74, 6) is -1.02. The van der Waals surface area contributed by atoms with Crippen molar-refractivity contribution >= 4 is 19.8 Å². The lowest BCUT2D eigenvalue weighted by Gasteiger charge is -2.28. The first-order chi connectivity index (χ1) is 29.4. The standard InChI is InChI=1S/C50H82NO9P/c1-6-8-10-12-14-16-17-18-19-20-21-22-23-24-25-27-29-33-37-41-49(53)57-45-48(46-59-61(55,56)58-44-43-51(3,4)5)60-50(54)42-38-34-30-32-36-40-47(52)39-35-31-28-26-15-13-11-9-7-2/h8,10,14-16,18-19,21-22,24-26,30-32,35-36,40,47-48,52H,6-7,9,11-13,17,20,23,27-29,33-34,37-39,41-46H2,1-5H3/b10-8-,16-14-,19-18-,22-21-,25-24-,26-15-,32-30+,35-31-,40-36-/t47?,48-/m1/s1. The highest BCUT2D eigenvalue weighted by Crippen LogP contribution is 2.38. The van der Waals surface area contributed by atoms with E-state index in [-0.39, 0.29) is 26.1 Å². The third kappa shape index (κ3) is 44.5. The lowest BCUT2D eigenvalue weighted by Crippen LogP contribution is -2.37. The van der Waals surface area contributed by atoms with Crippen LogP contribution in [0, 0.1) is 0 Å². The molecule has 3 atom stereocenters. The molecule has 0 radical (unpaired) electrons. The average Bonchev–Trinajstić information content (AvgIpc) is 3.21. The van der Waals surface area contributed by atoms with Crippen molar-refractivity contribution in [2.45, 2.75) is 148 Å². The van der Waals surface area contributed by atoms with Crippen molar-refractivity contribution in [2.24, 2.45) is 0 Å². The van der Waals surface area contributed by atoms with Gasteiger partial charge in [-0.2, -0.15) is 0 Å². The Morgan fingerprint density at radius 2 is 1.16 bits per heavy atom. The highest BCUT2D eigenvalue weighted by molar-refractivity contribution is 7.45. The Hall–Kier alpha value is -3.37. The van der Waals surface area contributed by atoms with Crippen molar-refractivity contribution in [3.05, 3.63) is 109 Å². The van der Waals surface area contributed by atoms with Crippen LogP contribution in [0.3, 0.4) is 0 Å². The summed E-state index contributed by atoms with van der Waals surface area (Å²) >= 11 is 0. The van der Waals surface area contributed by atoms with Crippen LogP contribution in [0.25, 0.3) is 0 Å². The number of phosphoric acid groups is 1. The molecule has 346 valence electrons. The maximum Gasteiger partial charge on any atom is 0.306 e. The van der Waals surface area contributed by atoms with Gasteiger partial charge < -0.3 is 33.0 Å². The topological polar surface area (TPSA) is 131 Å². The molecule has 0 heterocycles. The molecular formula is C50H82NO9P. The van der Waals surface area contributed by atoms with Gasteiger partial charge in [0.15, 0.2) is 6.10 Å². The molecule has 0 aliphatic carbocycles. The van der Waals surface area contributed by atoms with Crippen molar-refractivity contribution in [2.75, 3.05) is 47.5 Å². The highest BCUT2D eigenvalue weighted by atomic mass is 31.2. The van der Waals surface area contributed by atoms with E-state index in [0.717, 1.165) is 64.2 Å². The van der Waals surface area contributed by atoms with E-state index in [1.54, 1.807) is 12.2 Å². The predicted molar refractivity (Wildman–Crippen MR) is 251 cm³/mol. The number of esters is 2. The Balaban J connectivity index is 4.60. The van der Waals surface area contributed by atoms with Crippen molar-refractivity contribution < 1.29 is 47.2 Å². The van der Waals surface area contributed by atoms with Gasteiger partial charge in [0.05, 0.1) is 33.9 Å². The molecule has 0 aromatic carbocycles. The zero-order valence-corrected chi connectivity index (χ0v) is 39.3. The first kappa shape index (κ1) is 57.6. The third-order valence-corrected chi connectivity index (χ3v) is 9.82. The van der Waals surface area contributed by atoms with E-state index in [0.29, 0.717) is 36.7 Å². The number of aliphatic hydroxyl groups is 1. The van der Waals surface area contributed by atoms with Crippen LogP contribution in [0.15, 0.2) is 109 Å². The molecule has 0 aliphatic heterocycles. The van der Waals surface area contributed by atoms with Gasteiger partial charge in [0.2, 0.25) is 0 Å². The summed E-state index contributed by atoms with van der Waals surface area (Å²) in [7, 11) is 1.04. The quantitative estimate of drug-likeness (QED) is 0.0160. The van der Waals surface area contributed by atoms with E-state index in [1.807, 2.05) is 39.4 Å². The summed E-state index contributed by atoms with van der Waals surface area (Å²) in [5.41, 5.74) is 0. The number of ether oxygens (including phenoxy) is 2. The molecule has 0 aromatic rings. The van der Waals surface area contributed by atoms with Crippen molar-refractivity contribution in [1.82, 2.24) is 0 Å². The zero-order valence-electron chi connectivity index (χ0n) is 38.4. The molecule has 0 rings (SSSR count). The van der Waals surface area contributed by atoms with E-state index in [4.69, 9.17) is 18.5 Å². The SMILES string of the molecule is CC/C=C\C/C=C\C/C=C\C/C=C\C/C=C\CCCCCC(=O)OC[C@H](COP(=O)([O-])OCC[N+](C)(C)C)OC(=O)CCC/C=C/C=C\C(O)C/C=C\C/C=C\CCCCC. The zero-order chi connectivity index (χ0) is 45.1. The number of hydrogen-bond donors (Lipinski definition) is 1. The van der Waals surface area contributed by atoms with Crippen molar-refractivity contribution in [3.63, 3.8) is 0 Å². The lowest BCUT2D eigenvalue weighted by atomic mass is 10.1. The number of hydrogen-bond acceptors (Lipinski definition) is 9. The minimum atomic E-state index is -4.68. The molecule has 11 heteroatoms. The molecule has 0 bridgehead atoms. The van der Waals surface area contributed by atoms with Crippen LogP contribution >= 0.6 is 7.82 Å². The summed E-state index contributed by atoms with van der Waals surface area (Å²) in [6, 6.07) is 0. The van der Waals surface area contributed by atoms with Gasteiger partial charge in [-0.1, -0.05) is 142 Å². The van der Waals surface area contributed by atoms with E-state index >= 15 is 0 Å². The van der Waals surface area contributed by atoms with Crippen LogP contribution in [0.5, 0.6) is 0 Å². The first-order valence-corrected chi connectivity index (χ1v) is 24.2. The number of quaternary nitrogens is 1. The van der Waals surface area contributed by atoms with Gasteiger partial charge in [0.1, 0.15) is 19.8 Å². The number of carbonyl (C=O) groups is 2. The summed E-state index contributed by atoms with van der Waals surface area (Å²) in [6.07, 6.45) is 51.5. The van der Waals surface area contributed by atoms with Crippen LogP contribution in [0.4, 0.5) is 0 Å². The summed E-state index contributed by atoms with van der Waals surface area (Å²) in [4.78, 5) is 37.6. The Kier molecular flexibility index (Phi) is 38.4. The first-order valence-electron chi connectivity index (χ1n) is 22.7. The molecule has 2 unspecified atom stereocenters. The number of aliphatic hydroxyl groups excluding tert-OH is 1. The molecule has 0 aliphatic rings. The fourth-order valence-corrected chi connectivity index (χ4v) is 6.01. The fourth-order valence-electron chi connectivity index (χ4n) is 5.28. The Morgan fingerprint density at radius 1 is 0.623 bits per heavy atom. The molecule has 61 heavy (non-hydrogen) atoms. The average molecular weight is 872 g/mol. The maximum atomic E-state index is 12.7. The summed E-state index contributed by atoms with van der Waals surface area (Å²) in [6.45, 7) is 3.84. The monoisotopic (exact) mass is 872 g/mol. The number of unbranched alkanes of at least 4 members (excludes halogenated alkanes) is 7. The minimum absolute atomic E-state index is 0.0688. The largest absolute Gasteiger partial charge is 0.756 e. The lowest BCUT2D eigenvalue weighted by molar-refractivity contribution is -0.870. The van der Waals surface area contributed by atoms with Gasteiger partial charge in [-0.25, -0.2) is 0 Å². The molecule has 0 saturated carbocycles. The number of carbonyl (C=O) groups excluding carboxylic acids is 2. The van der Waals surface area contributed by atoms with Gasteiger partial charge in [-0.05, 0) is 89.9 Å². The number of rotatable bonds is 39. The second-order valence-electron chi connectivity index (χ2n) is 15.9. The Bertz CT molecular complexity index is 1420. The molecular weight excluding hydrogens is 790 g/mol. The van der Waals surface area contributed by atoms with Gasteiger partial charge in [0.25, 0.3) is 7.82 Å². The van der Waals surface area contributed by atoms with Gasteiger partial charge in [-0.3, -0.25) is 14.2 Å². The maximum absolute atomic E-state index is 12.7. The molecule has 10 nitrogen and oxygen atoms in total. The van der Waals surface area contributed by atoms with Crippen LogP contribution in [-0.2, 0) is 32.7 Å². The summed E-state index contributed by atoms with van der Waals surface area (Å²) < 4.78 is 33.7. The number of likely N-dealkylation sites (N-methyl/N-ethyl adjacent to an activating group) is 1. The number of nitrogens with zero attached hydrogens (tertiary/aromatic N) is 1. The molecule has 0 spiro atoms. The number of phosphoric ester groups is 1. The normalized spacial score (nSPS) is 15.1. The number of allylic oxidation sites excluding steroid dienone is 16. The van der Waals surface area contributed by atoms with E-state index < -0.39 is 38.6 Å². The molecule has 0 fully saturated rings. The Labute approximate surface area is 370 Å². The summed E-state index contributed by atoms with van der Waals surface area (Å²) in [5, 5.41) is 10.2. The minimum Gasteiger partial charge on any atom is -0.756 e. The van der Waals surface area contributed by atoms with E-state index in [9.17, 15) is 24.2 Å².